The van der Waals surface area contributed by atoms with E-state index in [1.54, 1.807) is 47.4 Å². The highest BCUT2D eigenvalue weighted by Gasteiger charge is 2.33. The number of amides is 2. The molecule has 1 aliphatic rings. The molecule has 3 aromatic rings. The van der Waals surface area contributed by atoms with Gasteiger partial charge in [-0.3, -0.25) is 19.8 Å². The maximum atomic E-state index is 14.0. The van der Waals surface area contributed by atoms with E-state index in [4.69, 9.17) is 27.5 Å². The highest BCUT2D eigenvalue weighted by atomic mass is 35.5. The summed E-state index contributed by atoms with van der Waals surface area (Å²) >= 11 is 6.01. The van der Waals surface area contributed by atoms with Gasteiger partial charge in [0.25, 0.3) is 0 Å². The van der Waals surface area contributed by atoms with E-state index in [2.05, 4.69) is 10.0 Å². The van der Waals surface area contributed by atoms with Gasteiger partial charge in [-0.1, -0.05) is 54.1 Å². The van der Waals surface area contributed by atoms with Crippen molar-refractivity contribution in [2.24, 2.45) is 11.7 Å². The summed E-state index contributed by atoms with van der Waals surface area (Å²) in [6.07, 6.45) is 1.10. The average Bonchev–Trinajstić information content (AvgIpc) is 3.03. The maximum Gasteiger partial charge on any atom is 0.325 e. The number of halogens is 1. The molecule has 0 bridgehead atoms. The molecule has 1 heterocycles. The Hall–Kier alpha value is -4.20. The van der Waals surface area contributed by atoms with Gasteiger partial charge in [0.05, 0.1) is 18.4 Å². The number of guanidine groups is 1. The van der Waals surface area contributed by atoms with Gasteiger partial charge in [0, 0.05) is 31.2 Å². The molecule has 1 saturated heterocycles. The molecule has 5 N–H and O–H groups in total. The Labute approximate surface area is 267 Å². The van der Waals surface area contributed by atoms with E-state index in [0.717, 1.165) is 23.1 Å². The van der Waals surface area contributed by atoms with Crippen molar-refractivity contribution < 1.29 is 27.5 Å². The third-order valence-corrected chi connectivity index (χ3v) is 9.33. The molecule has 0 aliphatic carbocycles. The summed E-state index contributed by atoms with van der Waals surface area (Å²) in [4.78, 5) is 42.3. The average molecular weight is 657 g/mol. The van der Waals surface area contributed by atoms with E-state index in [1.165, 1.54) is 19.2 Å². The van der Waals surface area contributed by atoms with Crippen LogP contribution in [0.3, 0.4) is 0 Å². The maximum absolute atomic E-state index is 14.0. The van der Waals surface area contributed by atoms with Crippen LogP contribution in [-0.4, -0.2) is 81.3 Å². The minimum Gasteiger partial charge on any atom is -0.468 e. The topological polar surface area (TPSA) is 175 Å². The van der Waals surface area contributed by atoms with Gasteiger partial charge in [0.2, 0.25) is 21.8 Å². The number of carbonyl (C=O) groups is 3. The van der Waals surface area contributed by atoms with Gasteiger partial charge in [-0.2, -0.15) is 4.72 Å². The summed E-state index contributed by atoms with van der Waals surface area (Å²) in [6, 6.07) is 16.9. The van der Waals surface area contributed by atoms with Crippen molar-refractivity contribution in [2.75, 3.05) is 33.3 Å². The van der Waals surface area contributed by atoms with Crippen LogP contribution in [0.5, 0.6) is 0 Å². The van der Waals surface area contributed by atoms with E-state index in [-0.39, 0.29) is 29.9 Å². The molecule has 0 saturated carbocycles. The molecule has 2 atom stereocenters. The second kappa shape index (κ2) is 15.2. The fraction of sp³-hybridized carbons (Fsp3) is 0.355. The number of nitrogens with one attached hydrogen (secondary N) is 3. The number of likely N-dealkylation sites (tertiary alicyclic amines) is 1. The van der Waals surface area contributed by atoms with Gasteiger partial charge in [0.15, 0.2) is 5.96 Å². The van der Waals surface area contributed by atoms with Crippen LogP contribution >= 0.6 is 11.6 Å². The molecule has 3 aromatic carbocycles. The molecule has 12 nitrogen and oxygen atoms in total. The summed E-state index contributed by atoms with van der Waals surface area (Å²) in [6.45, 7) is 0.884. The number of hydrogen-bond acceptors (Lipinski definition) is 7. The van der Waals surface area contributed by atoms with Gasteiger partial charge in [-0.15, -0.1) is 0 Å². The third kappa shape index (κ3) is 9.40. The lowest BCUT2D eigenvalue weighted by Crippen LogP contribution is -2.52. The second-order valence-electron chi connectivity index (χ2n) is 10.9. The smallest absolute Gasteiger partial charge is 0.325 e. The number of rotatable bonds is 12. The van der Waals surface area contributed by atoms with Crippen molar-refractivity contribution in [2.45, 2.75) is 36.7 Å². The third-order valence-electron chi connectivity index (χ3n) is 7.61. The number of hydrogen-bond donors (Lipinski definition) is 4. The Morgan fingerprint density at radius 1 is 1.11 bits per heavy atom. The van der Waals surface area contributed by atoms with E-state index in [0.29, 0.717) is 29.1 Å². The summed E-state index contributed by atoms with van der Waals surface area (Å²) in [5, 5.41) is 12.5. The molecule has 0 unspecified atom stereocenters. The van der Waals surface area contributed by atoms with E-state index < -0.39 is 46.8 Å². The molecule has 240 valence electrons. The summed E-state index contributed by atoms with van der Waals surface area (Å²) in [5.74, 6) is -2.07. The molecule has 0 aromatic heterocycles. The number of sulfonamides is 1. The van der Waals surface area contributed by atoms with Crippen LogP contribution in [0.1, 0.15) is 24.8 Å². The summed E-state index contributed by atoms with van der Waals surface area (Å²) in [5.41, 5.74) is 6.26. The highest BCUT2D eigenvalue weighted by molar-refractivity contribution is 7.89. The van der Waals surface area contributed by atoms with Crippen molar-refractivity contribution in [3.8, 4) is 0 Å². The zero-order valence-electron chi connectivity index (χ0n) is 24.9. The van der Waals surface area contributed by atoms with Crippen LogP contribution < -0.4 is 15.8 Å². The molecular weight excluding hydrogens is 620 g/mol. The first-order valence-electron chi connectivity index (χ1n) is 14.4. The Kier molecular flexibility index (Phi) is 11.4. The molecule has 1 aliphatic heterocycles. The van der Waals surface area contributed by atoms with E-state index in [1.807, 2.05) is 12.1 Å². The number of carbonyl (C=O) groups excluding carboxylic acids is 3. The Balaban J connectivity index is 1.58. The number of nitrogens with two attached hydrogens (primary N) is 1. The number of fused-ring (bicyclic) bond motifs is 1. The Morgan fingerprint density at radius 2 is 1.82 bits per heavy atom. The van der Waals surface area contributed by atoms with Crippen molar-refractivity contribution in [1.82, 2.24) is 19.8 Å². The van der Waals surface area contributed by atoms with Crippen LogP contribution in [0.4, 0.5) is 0 Å². The first-order chi connectivity index (χ1) is 21.4. The Morgan fingerprint density at radius 3 is 2.51 bits per heavy atom. The first kappa shape index (κ1) is 33.7. The number of esters is 1. The van der Waals surface area contributed by atoms with E-state index >= 15 is 0 Å². The molecule has 0 radical (unpaired) electrons. The van der Waals surface area contributed by atoms with Crippen LogP contribution in [0.15, 0.2) is 71.6 Å². The largest absolute Gasteiger partial charge is 0.468 e. The number of benzene rings is 3. The zero-order valence-corrected chi connectivity index (χ0v) is 26.4. The first-order valence-corrected chi connectivity index (χ1v) is 16.3. The van der Waals surface area contributed by atoms with Gasteiger partial charge in [0.1, 0.15) is 12.6 Å². The number of nitrogens with zero attached hydrogens (tertiary/aromatic N) is 2. The molecule has 45 heavy (non-hydrogen) atoms. The summed E-state index contributed by atoms with van der Waals surface area (Å²) in [7, 11) is -3.12. The highest BCUT2D eigenvalue weighted by Crippen LogP contribution is 2.21. The van der Waals surface area contributed by atoms with Gasteiger partial charge >= 0.3 is 5.97 Å². The van der Waals surface area contributed by atoms with Crippen molar-refractivity contribution in [3.05, 3.63) is 77.3 Å². The predicted molar refractivity (Wildman–Crippen MR) is 171 cm³/mol. The number of piperidine rings is 1. The van der Waals surface area contributed by atoms with Crippen LogP contribution in [0, 0.1) is 11.3 Å². The SMILES string of the molecule is COC(=O)CN(Cc1ccc(Cl)cc1)C(=O)[C@H](CC(=O)NC[C@@H]1CCCN(C(=N)N)C1)NS(=O)(=O)c1ccc2ccccc2c1. The Bertz CT molecular complexity index is 1650. The number of ether oxygens (including phenoxy) is 1. The van der Waals surface area contributed by atoms with Crippen LogP contribution in [-0.2, 0) is 35.7 Å². The number of methoxy groups -OCH3 is 1. The quantitative estimate of drug-likeness (QED) is 0.131. The minimum absolute atomic E-state index is 0.0239. The second-order valence-corrected chi connectivity index (χ2v) is 13.1. The van der Waals surface area contributed by atoms with Gasteiger partial charge in [-0.25, -0.2) is 8.42 Å². The van der Waals surface area contributed by atoms with Gasteiger partial charge < -0.3 is 25.6 Å². The molecule has 14 heteroatoms. The molecule has 1 fully saturated rings. The van der Waals surface area contributed by atoms with Crippen molar-refractivity contribution >= 4 is 56.1 Å². The fourth-order valence-electron chi connectivity index (χ4n) is 5.20. The lowest BCUT2D eigenvalue weighted by Gasteiger charge is -2.33. The lowest BCUT2D eigenvalue weighted by molar-refractivity contribution is -0.148. The minimum atomic E-state index is -4.30. The molecule has 0 spiro atoms. The normalized spacial score (nSPS) is 15.7. The zero-order chi connectivity index (χ0) is 32.6. The monoisotopic (exact) mass is 656 g/mol. The molecular formula is C31H37ClN6O6S. The van der Waals surface area contributed by atoms with Crippen molar-refractivity contribution in [1.29, 1.82) is 5.41 Å². The lowest BCUT2D eigenvalue weighted by atomic mass is 9.98. The molecule has 4 rings (SSSR count). The summed E-state index contributed by atoms with van der Waals surface area (Å²) < 4.78 is 34.5. The molecule has 2 amide bonds. The predicted octanol–water partition coefficient (Wildman–Crippen LogP) is 2.45. The van der Waals surface area contributed by atoms with Crippen molar-refractivity contribution in [3.63, 3.8) is 0 Å². The van der Waals surface area contributed by atoms with Crippen LogP contribution in [0.2, 0.25) is 5.02 Å². The standard InChI is InChI=1S/C31H37ClN6O6S/c1-44-29(40)20-38(18-21-8-11-25(32)12-9-21)30(41)27(16-28(39)35-17-22-5-4-14-37(19-22)31(33)34)36-45(42,43)26-13-10-23-6-2-3-7-24(23)15-26/h2-3,6-13,15,22,27,36H,4-5,14,16-20H2,1H3,(H3,33,34)(H,35,39)/t22-,27-/m0/s1. The van der Waals surface area contributed by atoms with Gasteiger partial charge in [-0.05, 0) is 59.4 Å². The van der Waals surface area contributed by atoms with E-state index in [9.17, 15) is 22.8 Å². The fourth-order valence-corrected chi connectivity index (χ4v) is 6.55. The van der Waals surface area contributed by atoms with Crippen LogP contribution in [0.25, 0.3) is 10.8 Å².